The molecule has 2 aromatic carbocycles. The zero-order valence-corrected chi connectivity index (χ0v) is 16.7. The summed E-state index contributed by atoms with van der Waals surface area (Å²) in [7, 11) is 0. The molecule has 3 aromatic rings. The Hall–Kier alpha value is -2.16. The van der Waals surface area contributed by atoms with Crippen LogP contribution in [0.3, 0.4) is 0 Å². The highest BCUT2D eigenvalue weighted by Gasteiger charge is 2.24. The van der Waals surface area contributed by atoms with E-state index < -0.39 is 11.6 Å². The van der Waals surface area contributed by atoms with Crippen LogP contribution in [0, 0.1) is 11.6 Å². The van der Waals surface area contributed by atoms with E-state index in [-0.39, 0.29) is 11.5 Å². The summed E-state index contributed by atoms with van der Waals surface area (Å²) in [6.45, 7) is 2.03. The van der Waals surface area contributed by atoms with E-state index in [1.165, 1.54) is 17.4 Å². The molecule has 4 rings (SSSR count). The van der Waals surface area contributed by atoms with Crippen LogP contribution in [0.4, 0.5) is 24.4 Å². The maximum Gasteiger partial charge on any atom is 0.321 e. The molecule has 1 saturated heterocycles. The Morgan fingerprint density at radius 3 is 2.54 bits per heavy atom. The van der Waals surface area contributed by atoms with Gasteiger partial charge in [0, 0.05) is 37.9 Å². The van der Waals surface area contributed by atoms with E-state index in [9.17, 15) is 13.6 Å². The highest BCUT2D eigenvalue weighted by Crippen LogP contribution is 2.31. The molecular formula is C18H14Cl2F2N4OS. The number of urea groups is 1. The zero-order valence-electron chi connectivity index (χ0n) is 14.4. The minimum absolute atomic E-state index is 0.168. The molecule has 0 atom stereocenters. The summed E-state index contributed by atoms with van der Waals surface area (Å²) in [6.07, 6.45) is 0. The molecule has 1 aliphatic rings. The van der Waals surface area contributed by atoms with Crippen molar-refractivity contribution in [3.05, 3.63) is 52.0 Å². The molecule has 0 bridgehead atoms. The van der Waals surface area contributed by atoms with Gasteiger partial charge in [0.1, 0.15) is 11.3 Å². The molecule has 2 amide bonds. The summed E-state index contributed by atoms with van der Waals surface area (Å²) in [5.74, 6) is -1.29. The number of hydrogen-bond acceptors (Lipinski definition) is 4. The van der Waals surface area contributed by atoms with Crippen molar-refractivity contribution < 1.29 is 13.6 Å². The highest BCUT2D eigenvalue weighted by atomic mass is 35.5. The number of carbonyl (C=O) groups excluding carboxylic acids is 1. The lowest BCUT2D eigenvalue weighted by Crippen LogP contribution is -2.50. The fourth-order valence-corrected chi connectivity index (χ4v) is 4.31. The Morgan fingerprint density at radius 2 is 1.82 bits per heavy atom. The standard InChI is InChI=1S/C18H14Cl2F2N4OS/c19-12-2-1-11(9-13(12)20)23-17(27)25-3-5-26(6-4-25)18-24-16-14(22)7-10(21)8-15(16)28-18/h1-2,7-9H,3-6H2,(H,23,27). The zero-order chi connectivity index (χ0) is 19.8. The Kier molecular flexibility index (Phi) is 5.27. The van der Waals surface area contributed by atoms with E-state index in [0.717, 1.165) is 6.07 Å². The molecule has 10 heteroatoms. The van der Waals surface area contributed by atoms with Crippen molar-refractivity contribution in [1.82, 2.24) is 9.88 Å². The predicted molar refractivity (Wildman–Crippen MR) is 109 cm³/mol. The van der Waals surface area contributed by atoms with Crippen LogP contribution in [0.1, 0.15) is 0 Å². The lowest BCUT2D eigenvalue weighted by molar-refractivity contribution is 0.208. The fraction of sp³-hybridized carbons (Fsp3) is 0.222. The molecule has 2 heterocycles. The van der Waals surface area contributed by atoms with Crippen LogP contribution >= 0.6 is 34.5 Å². The number of hydrogen-bond donors (Lipinski definition) is 1. The van der Waals surface area contributed by atoms with Crippen molar-refractivity contribution in [2.24, 2.45) is 0 Å². The van der Waals surface area contributed by atoms with Crippen molar-refractivity contribution in [2.75, 3.05) is 36.4 Å². The third kappa shape index (κ3) is 3.85. The maximum atomic E-state index is 13.9. The van der Waals surface area contributed by atoms with Crippen LogP contribution in [-0.4, -0.2) is 42.1 Å². The van der Waals surface area contributed by atoms with Crippen molar-refractivity contribution in [2.45, 2.75) is 0 Å². The monoisotopic (exact) mass is 442 g/mol. The number of halogens is 4. The number of benzene rings is 2. The van der Waals surface area contributed by atoms with Gasteiger partial charge in [-0.1, -0.05) is 34.5 Å². The van der Waals surface area contributed by atoms with Gasteiger partial charge in [-0.15, -0.1) is 0 Å². The molecule has 1 aromatic heterocycles. The molecule has 0 saturated carbocycles. The number of anilines is 2. The second-order valence-corrected chi connectivity index (χ2v) is 8.09. The van der Waals surface area contributed by atoms with Gasteiger partial charge in [-0.05, 0) is 24.3 Å². The first-order valence-electron chi connectivity index (χ1n) is 8.42. The van der Waals surface area contributed by atoms with Gasteiger partial charge >= 0.3 is 6.03 Å². The number of piperazine rings is 1. The fourth-order valence-electron chi connectivity index (χ4n) is 2.96. The number of nitrogens with zero attached hydrogens (tertiary/aromatic N) is 3. The number of amides is 2. The Morgan fingerprint density at radius 1 is 1.07 bits per heavy atom. The molecule has 146 valence electrons. The van der Waals surface area contributed by atoms with E-state index >= 15 is 0 Å². The molecule has 1 N–H and O–H groups in total. The molecule has 1 aliphatic heterocycles. The number of nitrogens with one attached hydrogen (secondary N) is 1. The van der Waals surface area contributed by atoms with Crippen molar-refractivity contribution in [3.8, 4) is 0 Å². The summed E-state index contributed by atoms with van der Waals surface area (Å²) in [4.78, 5) is 20.4. The third-order valence-corrected chi connectivity index (χ3v) is 6.21. The maximum absolute atomic E-state index is 13.9. The van der Waals surface area contributed by atoms with E-state index in [2.05, 4.69) is 10.3 Å². The third-order valence-electron chi connectivity index (χ3n) is 4.41. The van der Waals surface area contributed by atoms with Gasteiger partial charge in [0.05, 0.1) is 14.7 Å². The number of thiazole rings is 1. The lowest BCUT2D eigenvalue weighted by atomic mass is 10.3. The molecule has 0 radical (unpaired) electrons. The van der Waals surface area contributed by atoms with E-state index in [1.54, 1.807) is 23.1 Å². The van der Waals surface area contributed by atoms with Crippen molar-refractivity contribution >= 4 is 61.6 Å². The molecule has 0 unspecified atom stereocenters. The van der Waals surface area contributed by atoms with Crippen LogP contribution < -0.4 is 10.2 Å². The van der Waals surface area contributed by atoms with Crippen molar-refractivity contribution in [3.63, 3.8) is 0 Å². The summed E-state index contributed by atoms with van der Waals surface area (Å²) in [6, 6.07) is 6.75. The number of fused-ring (bicyclic) bond motifs is 1. The number of rotatable bonds is 2. The van der Waals surface area contributed by atoms with Gasteiger partial charge in [0.2, 0.25) is 0 Å². The van der Waals surface area contributed by atoms with Crippen LogP contribution in [0.2, 0.25) is 10.0 Å². The second-order valence-electron chi connectivity index (χ2n) is 6.26. The second kappa shape index (κ2) is 7.69. The molecule has 0 spiro atoms. The quantitative estimate of drug-likeness (QED) is 0.590. The predicted octanol–water partition coefficient (Wildman–Crippen LogP) is 5.24. The van der Waals surface area contributed by atoms with Gasteiger partial charge in [-0.3, -0.25) is 0 Å². The largest absolute Gasteiger partial charge is 0.345 e. The Balaban J connectivity index is 1.41. The summed E-state index contributed by atoms with van der Waals surface area (Å²) in [5.41, 5.74) is 0.728. The van der Waals surface area contributed by atoms with Crippen LogP contribution in [0.15, 0.2) is 30.3 Å². The average molecular weight is 443 g/mol. The van der Waals surface area contributed by atoms with Crippen molar-refractivity contribution in [1.29, 1.82) is 0 Å². The van der Waals surface area contributed by atoms with E-state index in [1.807, 2.05) is 4.90 Å². The first-order chi connectivity index (χ1) is 13.4. The molecular weight excluding hydrogens is 429 g/mol. The first kappa shape index (κ1) is 19.2. The van der Waals surface area contributed by atoms with Gasteiger partial charge in [0.15, 0.2) is 10.9 Å². The van der Waals surface area contributed by atoms with Gasteiger partial charge in [-0.25, -0.2) is 18.6 Å². The smallest absolute Gasteiger partial charge is 0.321 e. The van der Waals surface area contributed by atoms with Crippen LogP contribution in [0.5, 0.6) is 0 Å². The molecule has 5 nitrogen and oxygen atoms in total. The molecule has 28 heavy (non-hydrogen) atoms. The summed E-state index contributed by atoms with van der Waals surface area (Å²) in [5, 5.41) is 4.19. The molecule has 0 aliphatic carbocycles. The number of carbonyl (C=O) groups is 1. The first-order valence-corrected chi connectivity index (χ1v) is 9.99. The minimum atomic E-state index is -0.669. The SMILES string of the molecule is O=C(Nc1ccc(Cl)c(Cl)c1)N1CCN(c2nc3c(F)cc(F)cc3s2)CC1. The number of aromatic nitrogens is 1. The Labute approximate surface area is 173 Å². The van der Waals surface area contributed by atoms with E-state index in [4.69, 9.17) is 23.2 Å². The van der Waals surface area contributed by atoms with Gasteiger partial charge in [0.25, 0.3) is 0 Å². The minimum Gasteiger partial charge on any atom is -0.345 e. The molecule has 1 fully saturated rings. The Bertz CT molecular complexity index is 1050. The summed E-state index contributed by atoms with van der Waals surface area (Å²) < 4.78 is 27.7. The lowest BCUT2D eigenvalue weighted by Gasteiger charge is -2.34. The van der Waals surface area contributed by atoms with E-state index in [0.29, 0.717) is 51.7 Å². The van der Waals surface area contributed by atoms with Gasteiger partial charge in [-0.2, -0.15) is 0 Å². The van der Waals surface area contributed by atoms with Gasteiger partial charge < -0.3 is 15.1 Å². The van der Waals surface area contributed by atoms with Crippen LogP contribution in [0.25, 0.3) is 10.2 Å². The average Bonchev–Trinajstić information content (AvgIpc) is 3.09. The normalized spacial score (nSPS) is 14.6. The van der Waals surface area contributed by atoms with Crippen LogP contribution in [-0.2, 0) is 0 Å². The highest BCUT2D eigenvalue weighted by molar-refractivity contribution is 7.22. The topological polar surface area (TPSA) is 48.5 Å². The summed E-state index contributed by atoms with van der Waals surface area (Å²) >= 11 is 13.1.